The highest BCUT2D eigenvalue weighted by Gasteiger charge is 2.31. The summed E-state index contributed by atoms with van der Waals surface area (Å²) in [5.41, 5.74) is 6.19. The largest absolute Gasteiger partial charge is 0.455 e. The van der Waals surface area contributed by atoms with E-state index in [0.29, 0.717) is 5.69 Å². The highest BCUT2D eigenvalue weighted by Crippen LogP contribution is 2.45. The Morgan fingerprint density at radius 2 is 1.63 bits per heavy atom. The third-order valence-electron chi connectivity index (χ3n) is 7.03. The molecule has 1 unspecified atom stereocenters. The normalized spacial score (nSPS) is 15.1. The highest BCUT2D eigenvalue weighted by atomic mass is 32.1. The molecule has 38 heavy (non-hydrogen) atoms. The van der Waals surface area contributed by atoms with E-state index in [-0.39, 0.29) is 11.5 Å². The number of hydrogen-bond acceptors (Lipinski definition) is 4. The Kier molecular flexibility index (Phi) is 6.18. The summed E-state index contributed by atoms with van der Waals surface area (Å²) < 4.78 is 10.0. The fourth-order valence-corrected chi connectivity index (χ4v) is 5.70. The smallest absolute Gasteiger partial charge is 0.297 e. The molecule has 6 heteroatoms. The van der Waals surface area contributed by atoms with Gasteiger partial charge in [0.05, 0.1) is 16.3 Å². The summed E-state index contributed by atoms with van der Waals surface area (Å²) in [4.78, 5) is 19.4. The zero-order valence-electron chi connectivity index (χ0n) is 21.5. The quantitative estimate of drug-likeness (QED) is 0.232. The maximum Gasteiger partial charge on any atom is 0.297 e. The topological polar surface area (TPSA) is 48.5 Å². The monoisotopic (exact) mass is 517 g/mol. The Morgan fingerprint density at radius 1 is 0.895 bits per heavy atom. The van der Waals surface area contributed by atoms with Crippen molar-refractivity contribution in [3.8, 4) is 11.4 Å². The second-order valence-electron chi connectivity index (χ2n) is 9.41. The van der Waals surface area contributed by atoms with Crippen molar-refractivity contribution >= 4 is 29.0 Å². The van der Waals surface area contributed by atoms with Crippen molar-refractivity contribution in [2.45, 2.75) is 19.8 Å². The molecular weight excluding hydrogens is 490 g/mol. The van der Waals surface area contributed by atoms with Gasteiger partial charge in [0.25, 0.3) is 5.56 Å². The van der Waals surface area contributed by atoms with Crippen LogP contribution in [0.1, 0.15) is 33.2 Å². The lowest BCUT2D eigenvalue weighted by atomic mass is 9.82. The van der Waals surface area contributed by atoms with Crippen LogP contribution in [0.2, 0.25) is 0 Å². The van der Waals surface area contributed by atoms with E-state index < -0.39 is 0 Å². The van der Waals surface area contributed by atoms with Crippen LogP contribution in [0.5, 0.6) is 5.75 Å². The molecule has 3 aromatic carbocycles. The van der Waals surface area contributed by atoms with E-state index in [1.54, 1.807) is 16.0 Å². The number of fused-ring (bicyclic) bond motifs is 1. The van der Waals surface area contributed by atoms with Crippen LogP contribution in [0.25, 0.3) is 11.4 Å². The van der Waals surface area contributed by atoms with Gasteiger partial charge in [-0.1, -0.05) is 72.3 Å². The molecule has 6 rings (SSSR count). The molecular formula is C32H27N3O2S. The molecule has 1 atom stereocenters. The first-order valence-corrected chi connectivity index (χ1v) is 13.4. The molecule has 0 fully saturated rings. The van der Waals surface area contributed by atoms with Crippen molar-refractivity contribution in [1.82, 2.24) is 9.36 Å². The van der Waals surface area contributed by atoms with Crippen LogP contribution in [0.3, 0.4) is 0 Å². The van der Waals surface area contributed by atoms with Crippen molar-refractivity contribution in [2.75, 3.05) is 0 Å². The zero-order valence-corrected chi connectivity index (χ0v) is 22.3. The lowest BCUT2D eigenvalue weighted by molar-refractivity contribution is 0.490. The number of nitrogens with zero attached hydrogens (tertiary/aromatic N) is 3. The van der Waals surface area contributed by atoms with Gasteiger partial charge < -0.3 is 4.74 Å². The standard InChI is InChI=1S/C32H27N3O2S/c1-21-15-17-23(18-16-21)29-25-12-7-8-13-27(25)37-31(28-14-9-19-38-28)26(29)20-33-30-22(2)34(3)35(32(30)36)24-10-5-4-6-11-24/h4-20,29H,1-3H3. The van der Waals surface area contributed by atoms with Gasteiger partial charge in [-0.25, -0.2) is 9.67 Å². The number of benzene rings is 3. The van der Waals surface area contributed by atoms with Gasteiger partial charge in [0.2, 0.25) is 0 Å². The number of rotatable bonds is 5. The zero-order chi connectivity index (χ0) is 26.2. The molecule has 0 bridgehead atoms. The van der Waals surface area contributed by atoms with E-state index >= 15 is 0 Å². The van der Waals surface area contributed by atoms with Crippen LogP contribution in [0.4, 0.5) is 5.69 Å². The summed E-state index contributed by atoms with van der Waals surface area (Å²) in [6.45, 7) is 4.01. The van der Waals surface area contributed by atoms with E-state index in [0.717, 1.165) is 44.5 Å². The van der Waals surface area contributed by atoms with Crippen LogP contribution < -0.4 is 10.3 Å². The Hall–Kier alpha value is -4.42. The minimum atomic E-state index is -0.158. The van der Waals surface area contributed by atoms with Gasteiger partial charge in [-0.2, -0.15) is 0 Å². The number of hydrogen-bond donors (Lipinski definition) is 0. The summed E-state index contributed by atoms with van der Waals surface area (Å²) in [6.07, 6.45) is 1.83. The third-order valence-corrected chi connectivity index (χ3v) is 7.90. The Bertz CT molecular complexity index is 1720. The lowest BCUT2D eigenvalue weighted by Gasteiger charge is -2.29. The van der Waals surface area contributed by atoms with Gasteiger partial charge in [-0.15, -0.1) is 11.3 Å². The van der Waals surface area contributed by atoms with E-state index in [2.05, 4.69) is 43.3 Å². The summed E-state index contributed by atoms with van der Waals surface area (Å²) in [7, 11) is 1.88. The molecule has 0 N–H and O–H groups in total. The summed E-state index contributed by atoms with van der Waals surface area (Å²) in [5.74, 6) is 1.51. The van der Waals surface area contributed by atoms with Gasteiger partial charge in [0, 0.05) is 30.3 Å². The van der Waals surface area contributed by atoms with Crippen LogP contribution in [0, 0.1) is 13.8 Å². The molecule has 2 aromatic heterocycles. The van der Waals surface area contributed by atoms with Crippen molar-refractivity contribution < 1.29 is 4.74 Å². The fourth-order valence-electron chi connectivity index (χ4n) is 4.97. The molecule has 0 radical (unpaired) electrons. The molecule has 3 heterocycles. The number of thiophene rings is 1. The molecule has 5 aromatic rings. The van der Waals surface area contributed by atoms with Crippen molar-refractivity contribution in [1.29, 1.82) is 0 Å². The van der Waals surface area contributed by atoms with Crippen LogP contribution in [0.15, 0.2) is 112 Å². The molecule has 188 valence electrons. The summed E-state index contributed by atoms with van der Waals surface area (Å²) in [6, 6.07) is 30.5. The lowest BCUT2D eigenvalue weighted by Crippen LogP contribution is -2.19. The minimum Gasteiger partial charge on any atom is -0.455 e. The van der Waals surface area contributed by atoms with Crippen molar-refractivity contribution in [2.24, 2.45) is 12.0 Å². The van der Waals surface area contributed by atoms with Crippen LogP contribution >= 0.6 is 11.3 Å². The highest BCUT2D eigenvalue weighted by molar-refractivity contribution is 7.11. The maximum atomic E-state index is 13.6. The number of para-hydroxylation sites is 2. The molecule has 1 aliphatic heterocycles. The van der Waals surface area contributed by atoms with Gasteiger partial charge in [-0.3, -0.25) is 9.48 Å². The van der Waals surface area contributed by atoms with Gasteiger partial charge in [0.15, 0.2) is 5.69 Å². The molecule has 0 saturated heterocycles. The number of ether oxygens (including phenoxy) is 1. The molecule has 1 aliphatic rings. The van der Waals surface area contributed by atoms with Crippen molar-refractivity contribution in [3.63, 3.8) is 0 Å². The van der Waals surface area contributed by atoms with E-state index in [1.807, 2.05) is 84.8 Å². The summed E-state index contributed by atoms with van der Waals surface area (Å²) in [5, 5.41) is 2.04. The molecule has 5 nitrogen and oxygen atoms in total. The predicted molar refractivity (Wildman–Crippen MR) is 155 cm³/mol. The first-order chi connectivity index (χ1) is 18.5. The predicted octanol–water partition coefficient (Wildman–Crippen LogP) is 7.19. The number of aryl methyl sites for hydroxylation is 1. The minimum absolute atomic E-state index is 0.0956. The van der Waals surface area contributed by atoms with Gasteiger partial charge >= 0.3 is 0 Å². The van der Waals surface area contributed by atoms with Crippen molar-refractivity contribution in [3.05, 3.63) is 140 Å². The second-order valence-corrected chi connectivity index (χ2v) is 10.4. The first-order valence-electron chi connectivity index (χ1n) is 12.5. The third kappa shape index (κ3) is 4.13. The second kappa shape index (κ2) is 9.80. The Balaban J connectivity index is 1.55. The fraction of sp³-hybridized carbons (Fsp3) is 0.125. The van der Waals surface area contributed by atoms with E-state index in [1.165, 1.54) is 5.56 Å². The van der Waals surface area contributed by atoms with Gasteiger partial charge in [0.1, 0.15) is 11.5 Å². The molecule has 0 aliphatic carbocycles. The van der Waals surface area contributed by atoms with Crippen LogP contribution in [-0.4, -0.2) is 15.6 Å². The molecule has 0 saturated carbocycles. The van der Waals surface area contributed by atoms with Gasteiger partial charge in [-0.05, 0) is 49.1 Å². The van der Waals surface area contributed by atoms with E-state index in [4.69, 9.17) is 9.73 Å². The van der Waals surface area contributed by atoms with E-state index in [9.17, 15) is 4.79 Å². The average Bonchev–Trinajstić information content (AvgIpc) is 3.55. The Morgan fingerprint density at radius 3 is 2.37 bits per heavy atom. The number of allylic oxidation sites excluding steroid dienone is 1. The first kappa shape index (κ1) is 23.9. The molecule has 0 spiro atoms. The van der Waals surface area contributed by atoms with Crippen LogP contribution in [-0.2, 0) is 7.05 Å². The summed E-state index contributed by atoms with van der Waals surface area (Å²) >= 11 is 1.62. The number of aromatic nitrogens is 2. The molecule has 0 amide bonds. The SMILES string of the molecule is Cc1ccc(C2C(C=Nc3c(C)n(C)n(-c4ccccc4)c3=O)=C(c3cccs3)Oc3ccccc32)cc1. The maximum absolute atomic E-state index is 13.6. The Labute approximate surface area is 225 Å². The average molecular weight is 518 g/mol. The number of aliphatic imine (C=N–C) groups is 1.